The summed E-state index contributed by atoms with van der Waals surface area (Å²) in [5.41, 5.74) is 3.78. The molecule has 1 aromatic carbocycles. The van der Waals surface area contributed by atoms with Crippen molar-refractivity contribution in [2.45, 2.75) is 17.4 Å². The van der Waals surface area contributed by atoms with Crippen LogP contribution in [0.4, 0.5) is 0 Å². The van der Waals surface area contributed by atoms with E-state index in [0.29, 0.717) is 0 Å². The van der Waals surface area contributed by atoms with Gasteiger partial charge in [-0.1, -0.05) is 17.3 Å². The minimum atomic E-state index is 0.161. The van der Waals surface area contributed by atoms with E-state index in [9.17, 15) is 0 Å². The maximum absolute atomic E-state index is 5.60. The third kappa shape index (κ3) is 4.31. The van der Waals surface area contributed by atoms with Gasteiger partial charge in [-0.05, 0) is 28.1 Å². The Morgan fingerprint density at radius 1 is 1.47 bits per heavy atom. The lowest BCUT2D eigenvalue weighted by molar-refractivity contribution is 0.568. The van der Waals surface area contributed by atoms with Crippen molar-refractivity contribution >= 4 is 27.7 Å². The molecule has 3 N–H and O–H groups in total. The summed E-state index contributed by atoms with van der Waals surface area (Å²) < 4.78 is 2.80. The Bertz CT molecular complexity index is 530. The molecule has 0 spiro atoms. The van der Waals surface area contributed by atoms with Crippen molar-refractivity contribution in [1.29, 1.82) is 0 Å². The molecule has 19 heavy (non-hydrogen) atoms. The van der Waals surface area contributed by atoms with Crippen molar-refractivity contribution in [3.8, 4) is 0 Å². The molecule has 0 fully saturated rings. The lowest BCUT2D eigenvalue weighted by atomic mass is 10.2. The van der Waals surface area contributed by atoms with E-state index in [-0.39, 0.29) is 6.04 Å². The largest absolute Gasteiger partial charge is 0.271 e. The fourth-order valence-electron chi connectivity index (χ4n) is 1.66. The van der Waals surface area contributed by atoms with Gasteiger partial charge in [-0.3, -0.25) is 16.0 Å². The van der Waals surface area contributed by atoms with E-state index < -0.39 is 0 Å². The van der Waals surface area contributed by atoms with Crippen LogP contribution in [0.1, 0.15) is 5.69 Å². The molecule has 1 aromatic heterocycles. The van der Waals surface area contributed by atoms with Crippen LogP contribution in [-0.2, 0) is 13.5 Å². The Labute approximate surface area is 125 Å². The van der Waals surface area contributed by atoms with Gasteiger partial charge < -0.3 is 0 Å². The van der Waals surface area contributed by atoms with Crippen molar-refractivity contribution in [3.05, 3.63) is 40.6 Å². The summed E-state index contributed by atoms with van der Waals surface area (Å²) >= 11 is 5.30. The maximum atomic E-state index is 5.60. The van der Waals surface area contributed by atoms with Crippen molar-refractivity contribution in [1.82, 2.24) is 20.4 Å². The first kappa shape index (κ1) is 14.5. The molecule has 0 saturated carbocycles. The van der Waals surface area contributed by atoms with Crippen LogP contribution in [0.2, 0.25) is 0 Å². The summed E-state index contributed by atoms with van der Waals surface area (Å²) in [4.78, 5) is 1.21. The van der Waals surface area contributed by atoms with Crippen molar-refractivity contribution < 1.29 is 0 Å². The molecule has 2 aromatic rings. The van der Waals surface area contributed by atoms with Gasteiger partial charge in [0.2, 0.25) is 0 Å². The zero-order chi connectivity index (χ0) is 13.7. The zero-order valence-corrected chi connectivity index (χ0v) is 13.0. The maximum Gasteiger partial charge on any atom is 0.0843 e. The first-order valence-electron chi connectivity index (χ1n) is 5.87. The number of nitrogens with one attached hydrogen (secondary N) is 1. The molecule has 0 aliphatic heterocycles. The van der Waals surface area contributed by atoms with Gasteiger partial charge in [0.25, 0.3) is 0 Å². The number of hydrogen-bond acceptors (Lipinski definition) is 5. The molecule has 0 aliphatic carbocycles. The zero-order valence-electron chi connectivity index (χ0n) is 10.6. The fourth-order valence-corrected chi connectivity index (χ4v) is 3.26. The summed E-state index contributed by atoms with van der Waals surface area (Å²) in [5.74, 6) is 6.47. The van der Waals surface area contributed by atoms with E-state index in [1.807, 2.05) is 31.4 Å². The van der Waals surface area contributed by atoms with E-state index in [0.717, 1.165) is 22.3 Å². The molecule has 5 nitrogen and oxygen atoms in total. The van der Waals surface area contributed by atoms with Gasteiger partial charge in [0.05, 0.1) is 5.69 Å². The predicted molar refractivity (Wildman–Crippen MR) is 80.7 cm³/mol. The van der Waals surface area contributed by atoms with Crippen molar-refractivity contribution in [2.75, 3.05) is 5.75 Å². The standard InChI is InChI=1S/C12H16BrN5S/c1-18-7-9(16-17-18)6-10(15-14)8-19-12-5-3-2-4-11(12)13/h2-5,7,10,15H,6,8,14H2,1H3. The minimum Gasteiger partial charge on any atom is -0.271 e. The van der Waals surface area contributed by atoms with Crippen LogP contribution in [0, 0.1) is 0 Å². The van der Waals surface area contributed by atoms with E-state index in [1.54, 1.807) is 16.4 Å². The summed E-state index contributed by atoms with van der Waals surface area (Å²) in [6.07, 6.45) is 2.68. The smallest absolute Gasteiger partial charge is 0.0843 e. The molecule has 1 unspecified atom stereocenters. The van der Waals surface area contributed by atoms with Crippen molar-refractivity contribution in [3.63, 3.8) is 0 Å². The van der Waals surface area contributed by atoms with Crippen LogP contribution in [0.5, 0.6) is 0 Å². The SMILES string of the molecule is Cn1cc(CC(CSc2ccccc2Br)NN)nn1. The highest BCUT2D eigenvalue weighted by Gasteiger charge is 2.11. The molecule has 7 heteroatoms. The van der Waals surface area contributed by atoms with Crippen molar-refractivity contribution in [2.24, 2.45) is 12.9 Å². The number of hydrogen-bond donors (Lipinski definition) is 2. The van der Waals surface area contributed by atoms with E-state index >= 15 is 0 Å². The first-order chi connectivity index (χ1) is 9.19. The second kappa shape index (κ2) is 7.04. The second-order valence-electron chi connectivity index (χ2n) is 4.19. The number of rotatable bonds is 6. The molecule has 2 rings (SSSR count). The van der Waals surface area contributed by atoms with Crippen LogP contribution in [0.25, 0.3) is 0 Å². The summed E-state index contributed by atoms with van der Waals surface area (Å²) in [7, 11) is 1.86. The highest BCUT2D eigenvalue weighted by Crippen LogP contribution is 2.27. The quantitative estimate of drug-likeness (QED) is 0.476. The third-order valence-electron chi connectivity index (χ3n) is 2.62. The van der Waals surface area contributed by atoms with Crippen LogP contribution >= 0.6 is 27.7 Å². The number of nitrogens with zero attached hydrogens (tertiary/aromatic N) is 3. The van der Waals surface area contributed by atoms with Gasteiger partial charge in [-0.2, -0.15) is 0 Å². The number of halogens is 1. The summed E-state index contributed by atoms with van der Waals surface area (Å²) in [6.45, 7) is 0. The topological polar surface area (TPSA) is 68.8 Å². The Morgan fingerprint density at radius 2 is 2.26 bits per heavy atom. The molecule has 0 aliphatic rings. The molecule has 1 atom stereocenters. The summed E-state index contributed by atoms with van der Waals surface area (Å²) in [5, 5.41) is 8.00. The van der Waals surface area contributed by atoms with Gasteiger partial charge >= 0.3 is 0 Å². The molecule has 1 heterocycles. The third-order valence-corrected chi connectivity index (χ3v) is 4.81. The van der Waals surface area contributed by atoms with Crippen LogP contribution in [-0.4, -0.2) is 26.8 Å². The molecule has 0 saturated heterocycles. The molecular weight excluding hydrogens is 326 g/mol. The predicted octanol–water partition coefficient (Wildman–Crippen LogP) is 1.74. The average Bonchev–Trinajstić information content (AvgIpc) is 2.81. The van der Waals surface area contributed by atoms with Gasteiger partial charge in [0.1, 0.15) is 0 Å². The highest BCUT2D eigenvalue weighted by atomic mass is 79.9. The molecule has 0 radical (unpaired) electrons. The highest BCUT2D eigenvalue weighted by molar-refractivity contribution is 9.10. The lowest BCUT2D eigenvalue weighted by Crippen LogP contribution is -2.38. The second-order valence-corrected chi connectivity index (χ2v) is 6.11. The number of aromatic nitrogens is 3. The fraction of sp³-hybridized carbons (Fsp3) is 0.333. The number of thioether (sulfide) groups is 1. The average molecular weight is 342 g/mol. The van der Waals surface area contributed by atoms with Crippen LogP contribution in [0.3, 0.4) is 0 Å². The van der Waals surface area contributed by atoms with Crippen LogP contribution in [0.15, 0.2) is 39.8 Å². The minimum absolute atomic E-state index is 0.161. The van der Waals surface area contributed by atoms with E-state index in [4.69, 9.17) is 5.84 Å². The van der Waals surface area contributed by atoms with Gasteiger partial charge in [0, 0.05) is 40.8 Å². The Kier molecular flexibility index (Phi) is 5.38. The Balaban J connectivity index is 1.91. The molecule has 0 amide bonds. The Hall–Kier alpha value is -0.890. The monoisotopic (exact) mass is 341 g/mol. The first-order valence-corrected chi connectivity index (χ1v) is 7.65. The van der Waals surface area contributed by atoms with E-state index in [2.05, 4.69) is 37.7 Å². The number of aryl methyl sites for hydroxylation is 1. The van der Waals surface area contributed by atoms with Crippen LogP contribution < -0.4 is 11.3 Å². The number of nitrogens with two attached hydrogens (primary N) is 1. The van der Waals surface area contributed by atoms with Gasteiger partial charge in [0.15, 0.2) is 0 Å². The number of hydrazine groups is 1. The number of benzene rings is 1. The molecule has 102 valence electrons. The lowest BCUT2D eigenvalue weighted by Gasteiger charge is -2.14. The molecular formula is C12H16BrN5S. The normalized spacial score (nSPS) is 12.6. The van der Waals surface area contributed by atoms with E-state index in [1.165, 1.54) is 4.90 Å². The van der Waals surface area contributed by atoms with Gasteiger partial charge in [-0.25, -0.2) is 0 Å². The van der Waals surface area contributed by atoms with Gasteiger partial charge in [-0.15, -0.1) is 16.9 Å². The molecule has 0 bridgehead atoms. The Morgan fingerprint density at radius 3 is 2.89 bits per heavy atom. The summed E-state index contributed by atoms with van der Waals surface area (Å²) in [6, 6.07) is 8.32.